The third-order valence-electron chi connectivity index (χ3n) is 4.74. The van der Waals surface area contributed by atoms with E-state index in [0.29, 0.717) is 27.6 Å². The standard InChI is InChI=1S/C23H19ClFNO5S/c1-2-30-21(27)10-20-26(11-15-7-17(24)8-16-12-29-13-31-22(15)16)23(28)19(32-20)9-14-5-3-4-6-18(14)25/h3-10H,2,11-13H2,1H3/b19-9+,20-10-. The summed E-state index contributed by atoms with van der Waals surface area (Å²) >= 11 is 7.34. The van der Waals surface area contributed by atoms with Gasteiger partial charge in [0, 0.05) is 21.7 Å². The van der Waals surface area contributed by atoms with Crippen LogP contribution in [0.2, 0.25) is 5.02 Å². The molecule has 1 aliphatic rings. The van der Waals surface area contributed by atoms with Crippen molar-refractivity contribution in [2.75, 3.05) is 13.4 Å². The minimum absolute atomic E-state index is 0.0916. The van der Waals surface area contributed by atoms with Gasteiger partial charge in [-0.1, -0.05) is 29.8 Å². The predicted octanol–water partition coefficient (Wildman–Crippen LogP) is 2.79. The summed E-state index contributed by atoms with van der Waals surface area (Å²) in [6.07, 6.45) is 2.73. The van der Waals surface area contributed by atoms with Gasteiger partial charge in [0.1, 0.15) is 16.2 Å². The number of hydrogen-bond donors (Lipinski definition) is 0. The van der Waals surface area contributed by atoms with E-state index in [4.69, 9.17) is 25.8 Å². The number of ether oxygens (including phenoxy) is 3. The highest BCUT2D eigenvalue weighted by Gasteiger charge is 2.18. The van der Waals surface area contributed by atoms with Crippen molar-refractivity contribution in [1.29, 1.82) is 0 Å². The summed E-state index contributed by atoms with van der Waals surface area (Å²) in [5.41, 5.74) is 1.36. The monoisotopic (exact) mass is 475 g/mol. The Morgan fingerprint density at radius 3 is 2.94 bits per heavy atom. The van der Waals surface area contributed by atoms with Crippen molar-refractivity contribution in [3.05, 3.63) is 83.5 Å². The Kier molecular flexibility index (Phi) is 6.74. The number of nitrogens with zero attached hydrogens (tertiary/aromatic N) is 1. The van der Waals surface area contributed by atoms with E-state index in [2.05, 4.69) is 0 Å². The van der Waals surface area contributed by atoms with Crippen molar-refractivity contribution in [2.24, 2.45) is 0 Å². The summed E-state index contributed by atoms with van der Waals surface area (Å²) in [7, 11) is 0. The van der Waals surface area contributed by atoms with Crippen molar-refractivity contribution in [3.8, 4) is 5.75 Å². The van der Waals surface area contributed by atoms with Crippen LogP contribution in [0.3, 0.4) is 0 Å². The lowest BCUT2D eigenvalue weighted by Gasteiger charge is -2.21. The molecule has 2 aromatic carbocycles. The maximum absolute atomic E-state index is 14.1. The van der Waals surface area contributed by atoms with E-state index >= 15 is 0 Å². The van der Waals surface area contributed by atoms with E-state index in [1.807, 2.05) is 0 Å². The molecule has 4 rings (SSSR count). The molecular weight excluding hydrogens is 457 g/mol. The topological polar surface area (TPSA) is 66.8 Å². The number of carbonyl (C=O) groups excluding carboxylic acids is 1. The van der Waals surface area contributed by atoms with Gasteiger partial charge < -0.3 is 14.2 Å². The van der Waals surface area contributed by atoms with Crippen LogP contribution in [0, 0.1) is 5.82 Å². The Labute approximate surface area is 191 Å². The number of carbonyl (C=O) groups is 1. The number of fused-ring (bicyclic) bond motifs is 1. The predicted molar refractivity (Wildman–Crippen MR) is 120 cm³/mol. The molecule has 0 saturated carbocycles. The molecule has 1 aromatic heterocycles. The van der Waals surface area contributed by atoms with Gasteiger partial charge in [-0.15, -0.1) is 11.3 Å². The molecule has 0 bridgehead atoms. The first-order chi connectivity index (χ1) is 15.5. The third kappa shape index (κ3) is 4.77. The summed E-state index contributed by atoms with van der Waals surface area (Å²) in [5.74, 6) is -0.418. The van der Waals surface area contributed by atoms with E-state index in [9.17, 15) is 14.0 Å². The number of esters is 1. The first-order valence-corrected chi connectivity index (χ1v) is 11.0. The molecule has 32 heavy (non-hydrogen) atoms. The lowest BCUT2D eigenvalue weighted by atomic mass is 10.1. The van der Waals surface area contributed by atoms with Crippen molar-refractivity contribution in [3.63, 3.8) is 0 Å². The fraction of sp³-hybridized carbons (Fsp3) is 0.217. The van der Waals surface area contributed by atoms with Crippen LogP contribution in [-0.4, -0.2) is 23.9 Å². The van der Waals surface area contributed by atoms with Crippen LogP contribution in [-0.2, 0) is 27.4 Å². The van der Waals surface area contributed by atoms with Crippen molar-refractivity contribution < 1.29 is 23.4 Å². The fourth-order valence-corrected chi connectivity index (χ4v) is 4.64. The van der Waals surface area contributed by atoms with Crippen molar-refractivity contribution in [2.45, 2.75) is 20.1 Å². The second-order valence-corrected chi connectivity index (χ2v) is 8.42. The Morgan fingerprint density at radius 1 is 1.34 bits per heavy atom. The number of halogens is 2. The van der Waals surface area contributed by atoms with Crippen LogP contribution in [0.5, 0.6) is 5.75 Å². The zero-order chi connectivity index (χ0) is 22.7. The SMILES string of the molecule is CCOC(=O)/C=c1\s/c(=C/c2ccccc2F)c(=O)n1Cc1cc(Cl)cc2c1OCOC2. The zero-order valence-corrected chi connectivity index (χ0v) is 18.7. The van der Waals surface area contributed by atoms with E-state index < -0.39 is 11.8 Å². The second-order valence-electron chi connectivity index (χ2n) is 6.92. The fourth-order valence-electron chi connectivity index (χ4n) is 3.36. The maximum atomic E-state index is 14.1. The molecule has 9 heteroatoms. The minimum atomic E-state index is -0.572. The quantitative estimate of drug-likeness (QED) is 0.531. The molecule has 0 unspecified atom stereocenters. The van der Waals surface area contributed by atoms with E-state index in [1.54, 1.807) is 37.3 Å². The first-order valence-electron chi connectivity index (χ1n) is 9.82. The maximum Gasteiger partial charge on any atom is 0.333 e. The van der Waals surface area contributed by atoms with Gasteiger partial charge in [0.15, 0.2) is 6.79 Å². The smallest absolute Gasteiger partial charge is 0.333 e. The summed E-state index contributed by atoms with van der Waals surface area (Å²) < 4.78 is 32.2. The highest BCUT2D eigenvalue weighted by atomic mass is 35.5. The molecule has 0 spiro atoms. The molecule has 0 N–H and O–H groups in total. The Hall–Kier alpha value is -2.94. The summed E-state index contributed by atoms with van der Waals surface area (Å²) in [6.45, 7) is 2.44. The van der Waals surface area contributed by atoms with Crippen LogP contribution in [0.4, 0.5) is 4.39 Å². The summed E-state index contributed by atoms with van der Waals surface area (Å²) in [6, 6.07) is 9.62. The number of benzene rings is 2. The van der Waals surface area contributed by atoms with E-state index in [0.717, 1.165) is 16.9 Å². The Bertz CT molecular complexity index is 1350. The van der Waals surface area contributed by atoms with Crippen LogP contribution >= 0.6 is 22.9 Å². The number of thiazole rings is 1. The first kappa shape index (κ1) is 22.3. The zero-order valence-electron chi connectivity index (χ0n) is 17.1. The van der Waals surface area contributed by atoms with E-state index in [-0.39, 0.29) is 35.6 Å². The van der Waals surface area contributed by atoms with Gasteiger partial charge in [-0.05, 0) is 31.2 Å². The van der Waals surface area contributed by atoms with Crippen LogP contribution in [0.1, 0.15) is 23.6 Å². The molecule has 166 valence electrons. The largest absolute Gasteiger partial charge is 0.467 e. The molecule has 2 heterocycles. The molecule has 3 aromatic rings. The average molecular weight is 476 g/mol. The highest BCUT2D eigenvalue weighted by molar-refractivity contribution is 7.07. The van der Waals surface area contributed by atoms with Gasteiger partial charge in [0.2, 0.25) is 0 Å². The molecule has 0 aliphatic carbocycles. The molecule has 0 amide bonds. The van der Waals surface area contributed by atoms with E-state index in [1.165, 1.54) is 22.8 Å². The van der Waals surface area contributed by atoms with Crippen LogP contribution < -0.4 is 19.5 Å². The molecular formula is C23H19ClFNO5S. The van der Waals surface area contributed by atoms with Crippen molar-refractivity contribution in [1.82, 2.24) is 4.57 Å². The number of rotatable bonds is 5. The Balaban J connectivity index is 1.87. The number of aromatic nitrogens is 1. The Morgan fingerprint density at radius 2 is 2.16 bits per heavy atom. The molecule has 0 saturated heterocycles. The molecule has 0 radical (unpaired) electrons. The van der Waals surface area contributed by atoms with Gasteiger partial charge in [0.05, 0.1) is 30.4 Å². The van der Waals surface area contributed by atoms with Gasteiger partial charge in [-0.3, -0.25) is 9.36 Å². The molecule has 0 atom stereocenters. The second kappa shape index (κ2) is 9.68. The van der Waals surface area contributed by atoms with Crippen LogP contribution in [0.25, 0.3) is 12.2 Å². The molecule has 6 nitrogen and oxygen atoms in total. The van der Waals surface area contributed by atoms with Gasteiger partial charge >= 0.3 is 5.97 Å². The summed E-state index contributed by atoms with van der Waals surface area (Å²) in [5, 5.41) is 0.477. The van der Waals surface area contributed by atoms with Gasteiger partial charge in [-0.2, -0.15) is 0 Å². The highest BCUT2D eigenvalue weighted by Crippen LogP contribution is 2.31. The molecule has 1 aliphatic heterocycles. The lowest BCUT2D eigenvalue weighted by molar-refractivity contribution is -0.135. The summed E-state index contributed by atoms with van der Waals surface area (Å²) in [4.78, 5) is 25.4. The lowest BCUT2D eigenvalue weighted by Crippen LogP contribution is -2.32. The normalized spacial score (nSPS) is 14.2. The average Bonchev–Trinajstić information content (AvgIpc) is 3.04. The van der Waals surface area contributed by atoms with Crippen molar-refractivity contribution >= 4 is 41.1 Å². The minimum Gasteiger partial charge on any atom is -0.467 e. The molecule has 0 fully saturated rings. The third-order valence-corrected chi connectivity index (χ3v) is 6.01. The van der Waals surface area contributed by atoms with Gasteiger partial charge in [-0.25, -0.2) is 9.18 Å². The van der Waals surface area contributed by atoms with Crippen LogP contribution in [0.15, 0.2) is 41.2 Å². The number of hydrogen-bond acceptors (Lipinski definition) is 6. The van der Waals surface area contributed by atoms with Gasteiger partial charge in [0.25, 0.3) is 5.56 Å².